The summed E-state index contributed by atoms with van der Waals surface area (Å²) in [5.74, 6) is 0.338. The number of likely N-dealkylation sites (tertiary alicyclic amines) is 1. The van der Waals surface area contributed by atoms with Crippen LogP contribution < -0.4 is 10.2 Å². The van der Waals surface area contributed by atoms with Gasteiger partial charge in [0.15, 0.2) is 0 Å². The van der Waals surface area contributed by atoms with Crippen molar-refractivity contribution in [1.29, 1.82) is 0 Å². The lowest BCUT2D eigenvalue weighted by Gasteiger charge is -2.32. The van der Waals surface area contributed by atoms with Gasteiger partial charge in [-0.25, -0.2) is 0 Å². The van der Waals surface area contributed by atoms with E-state index in [4.69, 9.17) is 4.42 Å². The van der Waals surface area contributed by atoms with E-state index in [2.05, 4.69) is 24.4 Å². The van der Waals surface area contributed by atoms with Crippen LogP contribution in [0.4, 0.5) is 5.69 Å². The van der Waals surface area contributed by atoms with Crippen molar-refractivity contribution < 1.29 is 18.8 Å². The van der Waals surface area contributed by atoms with E-state index in [1.807, 2.05) is 23.1 Å². The molecular formula is C26H33N3O4. The van der Waals surface area contributed by atoms with Crippen LogP contribution in [0.25, 0.3) is 0 Å². The molecule has 3 amide bonds. The second-order valence-electron chi connectivity index (χ2n) is 9.07. The van der Waals surface area contributed by atoms with Crippen LogP contribution in [-0.4, -0.2) is 42.3 Å². The van der Waals surface area contributed by atoms with Crippen LogP contribution in [0.3, 0.4) is 0 Å². The van der Waals surface area contributed by atoms with Crippen LogP contribution in [0.1, 0.15) is 50.4 Å². The van der Waals surface area contributed by atoms with Crippen LogP contribution in [0.5, 0.6) is 0 Å². The van der Waals surface area contributed by atoms with E-state index < -0.39 is 0 Å². The lowest BCUT2D eigenvalue weighted by molar-refractivity contribution is -0.139. The Hall–Kier alpha value is -3.09. The first-order valence-corrected chi connectivity index (χ1v) is 12.0. The zero-order chi connectivity index (χ0) is 23.2. The van der Waals surface area contributed by atoms with Gasteiger partial charge in [-0.15, -0.1) is 0 Å². The van der Waals surface area contributed by atoms with E-state index in [0.29, 0.717) is 39.0 Å². The largest absolute Gasteiger partial charge is 0.467 e. The first-order valence-electron chi connectivity index (χ1n) is 12.0. The quantitative estimate of drug-likeness (QED) is 0.666. The highest BCUT2D eigenvalue weighted by Crippen LogP contribution is 2.28. The summed E-state index contributed by atoms with van der Waals surface area (Å²) in [6, 6.07) is 11.8. The van der Waals surface area contributed by atoms with Crippen LogP contribution in [0, 0.1) is 11.8 Å². The molecular weight excluding hydrogens is 418 g/mol. The number of hydrogen-bond acceptors (Lipinski definition) is 4. The summed E-state index contributed by atoms with van der Waals surface area (Å²) in [7, 11) is 0. The molecule has 3 heterocycles. The lowest BCUT2D eigenvalue weighted by atomic mass is 9.94. The standard InChI is InChI=1S/C26H33N3O4/c1-2-3-5-19-7-9-22(10-8-19)29-18-21(16-24(29)30)26(32)28-13-11-20(12-14-28)25(31)27-17-23-6-4-15-33-23/h4,6-10,15,20-21H,2-3,5,11-14,16-18H2,1H3,(H,27,31). The van der Waals surface area contributed by atoms with Gasteiger partial charge in [0, 0.05) is 37.7 Å². The summed E-state index contributed by atoms with van der Waals surface area (Å²) in [5.41, 5.74) is 2.14. The number of aryl methyl sites for hydroxylation is 1. The Morgan fingerprint density at radius 3 is 2.52 bits per heavy atom. The van der Waals surface area contributed by atoms with Crippen molar-refractivity contribution >= 4 is 23.4 Å². The third-order valence-corrected chi connectivity index (χ3v) is 6.74. The minimum Gasteiger partial charge on any atom is -0.467 e. The zero-order valence-corrected chi connectivity index (χ0v) is 19.3. The Bertz CT molecular complexity index is 946. The third-order valence-electron chi connectivity index (χ3n) is 6.74. The van der Waals surface area contributed by atoms with E-state index in [0.717, 1.165) is 30.7 Å². The number of nitrogens with one attached hydrogen (secondary N) is 1. The molecule has 2 saturated heterocycles. The molecule has 0 spiro atoms. The Morgan fingerprint density at radius 1 is 1.09 bits per heavy atom. The number of hydrogen-bond donors (Lipinski definition) is 1. The van der Waals surface area contributed by atoms with Crippen molar-refractivity contribution in [3.63, 3.8) is 0 Å². The monoisotopic (exact) mass is 451 g/mol. The van der Waals surface area contributed by atoms with Gasteiger partial charge in [0.25, 0.3) is 0 Å². The van der Waals surface area contributed by atoms with Crippen LogP contribution in [0.2, 0.25) is 0 Å². The number of rotatable bonds is 8. The SMILES string of the molecule is CCCCc1ccc(N2CC(C(=O)N3CCC(C(=O)NCc4ccco4)CC3)CC2=O)cc1. The van der Waals surface area contributed by atoms with Gasteiger partial charge in [0.1, 0.15) is 5.76 Å². The molecule has 0 bridgehead atoms. The van der Waals surface area contributed by atoms with Gasteiger partial charge in [-0.2, -0.15) is 0 Å². The van der Waals surface area contributed by atoms with Gasteiger partial charge in [-0.3, -0.25) is 14.4 Å². The molecule has 0 aliphatic carbocycles. The fourth-order valence-corrected chi connectivity index (χ4v) is 4.70. The topological polar surface area (TPSA) is 82.9 Å². The highest BCUT2D eigenvalue weighted by molar-refractivity contribution is 6.00. The summed E-state index contributed by atoms with van der Waals surface area (Å²) >= 11 is 0. The molecule has 2 fully saturated rings. The van der Waals surface area contributed by atoms with E-state index in [1.54, 1.807) is 17.2 Å². The number of anilines is 1. The molecule has 2 aromatic rings. The van der Waals surface area contributed by atoms with Gasteiger partial charge >= 0.3 is 0 Å². The summed E-state index contributed by atoms with van der Waals surface area (Å²) in [6.07, 6.45) is 6.47. The molecule has 2 aliphatic heterocycles. The molecule has 1 aromatic carbocycles. The minimum atomic E-state index is -0.318. The highest BCUT2D eigenvalue weighted by atomic mass is 16.3. The summed E-state index contributed by atoms with van der Waals surface area (Å²) in [4.78, 5) is 41.7. The second kappa shape index (κ2) is 10.7. The molecule has 7 heteroatoms. The molecule has 2 aliphatic rings. The maximum absolute atomic E-state index is 13.1. The number of carbonyl (C=O) groups is 3. The van der Waals surface area contributed by atoms with Crippen molar-refractivity contribution in [2.24, 2.45) is 11.8 Å². The minimum absolute atomic E-state index is 0.00171. The molecule has 1 unspecified atom stereocenters. The Morgan fingerprint density at radius 2 is 1.85 bits per heavy atom. The Labute approximate surface area is 195 Å². The van der Waals surface area contributed by atoms with E-state index in [1.165, 1.54) is 5.56 Å². The van der Waals surface area contributed by atoms with Crippen molar-refractivity contribution in [3.8, 4) is 0 Å². The summed E-state index contributed by atoms with van der Waals surface area (Å²) < 4.78 is 5.25. The van der Waals surface area contributed by atoms with Crippen molar-refractivity contribution in [2.45, 2.75) is 52.0 Å². The number of carbonyl (C=O) groups excluding carboxylic acids is 3. The molecule has 33 heavy (non-hydrogen) atoms. The summed E-state index contributed by atoms with van der Waals surface area (Å²) in [6.45, 7) is 4.08. The first-order chi connectivity index (χ1) is 16.0. The molecule has 4 rings (SSSR count). The number of unbranched alkanes of at least 4 members (excludes halogenated alkanes) is 1. The average molecular weight is 452 g/mol. The fourth-order valence-electron chi connectivity index (χ4n) is 4.70. The van der Waals surface area contributed by atoms with Gasteiger partial charge in [0.2, 0.25) is 17.7 Å². The average Bonchev–Trinajstić information content (AvgIpc) is 3.51. The Kier molecular flexibility index (Phi) is 7.47. The zero-order valence-electron chi connectivity index (χ0n) is 19.3. The van der Waals surface area contributed by atoms with Crippen molar-refractivity contribution in [1.82, 2.24) is 10.2 Å². The first kappa shape index (κ1) is 23.1. The van der Waals surface area contributed by atoms with Crippen molar-refractivity contribution in [2.75, 3.05) is 24.5 Å². The van der Waals surface area contributed by atoms with Crippen LogP contribution in [-0.2, 0) is 27.3 Å². The van der Waals surface area contributed by atoms with Crippen molar-refractivity contribution in [3.05, 3.63) is 54.0 Å². The second-order valence-corrected chi connectivity index (χ2v) is 9.07. The van der Waals surface area contributed by atoms with E-state index in [9.17, 15) is 14.4 Å². The predicted molar refractivity (Wildman–Crippen MR) is 125 cm³/mol. The smallest absolute Gasteiger partial charge is 0.228 e. The molecule has 7 nitrogen and oxygen atoms in total. The summed E-state index contributed by atoms with van der Waals surface area (Å²) in [5, 5.41) is 2.91. The van der Waals surface area contributed by atoms with Gasteiger partial charge in [-0.05, 0) is 55.5 Å². The predicted octanol–water partition coefficient (Wildman–Crippen LogP) is 3.53. The maximum Gasteiger partial charge on any atom is 0.228 e. The van der Waals surface area contributed by atoms with E-state index >= 15 is 0 Å². The van der Waals surface area contributed by atoms with E-state index in [-0.39, 0.29) is 36.0 Å². The molecule has 1 N–H and O–H groups in total. The molecule has 1 atom stereocenters. The number of piperidine rings is 1. The highest BCUT2D eigenvalue weighted by Gasteiger charge is 2.38. The fraction of sp³-hybridized carbons (Fsp3) is 0.500. The number of nitrogens with zero attached hydrogens (tertiary/aromatic N) is 2. The lowest BCUT2D eigenvalue weighted by Crippen LogP contribution is -2.45. The maximum atomic E-state index is 13.1. The van der Waals surface area contributed by atoms with Crippen LogP contribution >= 0.6 is 0 Å². The van der Waals surface area contributed by atoms with Gasteiger partial charge in [-0.1, -0.05) is 25.5 Å². The molecule has 1 aromatic heterocycles. The molecule has 176 valence electrons. The number of furan rings is 1. The van der Waals surface area contributed by atoms with Gasteiger partial charge in [0.05, 0.1) is 18.7 Å². The Balaban J connectivity index is 1.26. The number of benzene rings is 1. The number of amides is 3. The molecule has 0 radical (unpaired) electrons. The van der Waals surface area contributed by atoms with Gasteiger partial charge < -0.3 is 19.5 Å². The normalized spacial score (nSPS) is 19.2. The molecule has 0 saturated carbocycles. The third kappa shape index (κ3) is 5.64. The van der Waals surface area contributed by atoms with Crippen LogP contribution in [0.15, 0.2) is 47.1 Å².